The lowest BCUT2D eigenvalue weighted by molar-refractivity contribution is 0.0768. The number of hydrogen-bond acceptors (Lipinski definition) is 8. The Hall–Kier alpha value is -2.33. The minimum atomic E-state index is -0.616. The summed E-state index contributed by atoms with van der Waals surface area (Å²) >= 11 is 7.68. The number of halogens is 2. The molecule has 1 saturated heterocycles. The summed E-state index contributed by atoms with van der Waals surface area (Å²) in [7, 11) is 1.53. The number of anilines is 2. The summed E-state index contributed by atoms with van der Waals surface area (Å²) < 4.78 is 25.5. The molecule has 10 heteroatoms. The molecule has 31 heavy (non-hydrogen) atoms. The zero-order valence-corrected chi connectivity index (χ0v) is 18.4. The van der Waals surface area contributed by atoms with E-state index in [2.05, 4.69) is 20.2 Å². The van der Waals surface area contributed by atoms with Crippen LogP contribution in [0.15, 0.2) is 36.7 Å². The van der Waals surface area contributed by atoms with Crippen molar-refractivity contribution in [3.63, 3.8) is 0 Å². The van der Waals surface area contributed by atoms with Crippen molar-refractivity contribution in [3.05, 3.63) is 47.5 Å². The molecule has 1 aliphatic heterocycles. The second kappa shape index (κ2) is 9.86. The molecule has 0 amide bonds. The van der Waals surface area contributed by atoms with Gasteiger partial charge in [0.1, 0.15) is 30.7 Å². The van der Waals surface area contributed by atoms with Gasteiger partial charge in [-0.05, 0) is 24.3 Å². The van der Waals surface area contributed by atoms with E-state index in [4.69, 9.17) is 21.1 Å². The zero-order chi connectivity index (χ0) is 21.8. The highest BCUT2D eigenvalue weighted by Gasteiger charge is 2.18. The van der Waals surface area contributed by atoms with Crippen LogP contribution in [0, 0.1) is 5.82 Å². The van der Waals surface area contributed by atoms with Crippen LogP contribution in [0.3, 0.4) is 0 Å². The van der Waals surface area contributed by atoms with E-state index < -0.39 is 11.9 Å². The fourth-order valence-corrected chi connectivity index (χ4v) is 4.45. The third-order valence-corrected chi connectivity index (χ3v) is 6.08. The van der Waals surface area contributed by atoms with E-state index in [0.717, 1.165) is 18.2 Å². The number of nitrogens with one attached hydrogen (secondary N) is 1. The average molecular weight is 465 g/mol. The quantitative estimate of drug-likeness (QED) is 0.519. The van der Waals surface area contributed by atoms with Gasteiger partial charge in [0, 0.05) is 41.2 Å². The molecule has 1 unspecified atom stereocenters. The molecule has 0 bridgehead atoms. The standard InChI is InChI=1S/C21H22ClFN4O3S/c1-29-19-7-15-18(8-20(19)30-10-14(28)9-27-4-5-31-12-27)24-11-25-21(15)26-17-3-2-13(22)6-16(17)23/h2-3,6-8,11,14,28H,4-5,9-10,12H2,1H3,(H,24,25,26). The largest absolute Gasteiger partial charge is 0.493 e. The lowest BCUT2D eigenvalue weighted by Crippen LogP contribution is -2.33. The zero-order valence-electron chi connectivity index (χ0n) is 16.8. The van der Waals surface area contributed by atoms with Gasteiger partial charge < -0.3 is 19.9 Å². The molecule has 1 aromatic heterocycles. The van der Waals surface area contributed by atoms with Crippen LogP contribution in [0.4, 0.5) is 15.9 Å². The average Bonchev–Trinajstić information content (AvgIpc) is 3.26. The number of aliphatic hydroxyl groups excluding tert-OH is 1. The predicted octanol–water partition coefficient (Wildman–Crippen LogP) is 3.92. The van der Waals surface area contributed by atoms with Crippen molar-refractivity contribution < 1.29 is 19.0 Å². The van der Waals surface area contributed by atoms with Crippen molar-refractivity contribution in [1.82, 2.24) is 14.9 Å². The van der Waals surface area contributed by atoms with Crippen LogP contribution in [0.2, 0.25) is 5.02 Å². The molecule has 1 fully saturated rings. The van der Waals surface area contributed by atoms with Crippen LogP contribution in [0.25, 0.3) is 10.9 Å². The van der Waals surface area contributed by atoms with E-state index in [1.165, 1.54) is 19.5 Å². The van der Waals surface area contributed by atoms with Gasteiger partial charge >= 0.3 is 0 Å². The van der Waals surface area contributed by atoms with Gasteiger partial charge in [0.05, 0.1) is 18.3 Å². The topological polar surface area (TPSA) is 79.7 Å². The summed E-state index contributed by atoms with van der Waals surface area (Å²) in [6.45, 7) is 1.67. The molecular formula is C21H22ClFN4O3S. The van der Waals surface area contributed by atoms with Gasteiger partial charge in [-0.2, -0.15) is 0 Å². The minimum absolute atomic E-state index is 0.134. The Morgan fingerprint density at radius 2 is 2.16 bits per heavy atom. The number of fused-ring (bicyclic) bond motifs is 1. The fourth-order valence-electron chi connectivity index (χ4n) is 3.29. The summed E-state index contributed by atoms with van der Waals surface area (Å²) in [5, 5.41) is 14.2. The van der Waals surface area contributed by atoms with Gasteiger partial charge in [-0.1, -0.05) is 11.6 Å². The summed E-state index contributed by atoms with van der Waals surface area (Å²) in [6.07, 6.45) is 0.767. The van der Waals surface area contributed by atoms with Crippen molar-refractivity contribution >= 4 is 45.8 Å². The number of ether oxygens (including phenoxy) is 2. The fraction of sp³-hybridized carbons (Fsp3) is 0.333. The van der Waals surface area contributed by atoms with Gasteiger partial charge in [-0.3, -0.25) is 4.90 Å². The number of nitrogens with zero attached hydrogens (tertiary/aromatic N) is 3. The highest BCUT2D eigenvalue weighted by atomic mass is 35.5. The van der Waals surface area contributed by atoms with Gasteiger partial charge in [0.25, 0.3) is 0 Å². The Morgan fingerprint density at radius 3 is 2.90 bits per heavy atom. The van der Waals surface area contributed by atoms with E-state index in [9.17, 15) is 9.50 Å². The molecule has 2 aromatic carbocycles. The molecule has 7 nitrogen and oxygen atoms in total. The Balaban J connectivity index is 1.54. The molecule has 0 saturated carbocycles. The van der Waals surface area contributed by atoms with E-state index >= 15 is 0 Å². The Morgan fingerprint density at radius 1 is 1.29 bits per heavy atom. The van der Waals surface area contributed by atoms with Crippen LogP contribution >= 0.6 is 23.4 Å². The first-order chi connectivity index (χ1) is 15.0. The number of rotatable bonds is 8. The summed E-state index contributed by atoms with van der Waals surface area (Å²) in [4.78, 5) is 10.7. The maximum absolute atomic E-state index is 14.2. The second-order valence-corrected chi connectivity index (χ2v) is 8.58. The first-order valence-corrected chi connectivity index (χ1v) is 11.2. The van der Waals surface area contributed by atoms with Crippen molar-refractivity contribution in [3.8, 4) is 11.5 Å². The maximum Gasteiger partial charge on any atom is 0.163 e. The van der Waals surface area contributed by atoms with Gasteiger partial charge in [-0.25, -0.2) is 14.4 Å². The van der Waals surface area contributed by atoms with Crippen LogP contribution in [-0.2, 0) is 0 Å². The third kappa shape index (κ3) is 5.30. The third-order valence-electron chi connectivity index (χ3n) is 4.83. The Labute approximate surface area is 188 Å². The number of β-amino-alcohol motifs (C(OH)–C–C–N with tert-alkyl or cyclic N) is 1. The molecule has 0 spiro atoms. The minimum Gasteiger partial charge on any atom is -0.493 e. The number of hydrogen-bond donors (Lipinski definition) is 2. The van der Waals surface area contributed by atoms with Gasteiger partial charge in [-0.15, -0.1) is 11.8 Å². The first-order valence-electron chi connectivity index (χ1n) is 9.69. The van der Waals surface area contributed by atoms with Crippen LogP contribution in [0.5, 0.6) is 11.5 Å². The molecule has 164 valence electrons. The van der Waals surface area contributed by atoms with E-state index in [0.29, 0.717) is 39.8 Å². The smallest absolute Gasteiger partial charge is 0.163 e. The lowest BCUT2D eigenvalue weighted by atomic mass is 10.2. The van der Waals surface area contributed by atoms with Gasteiger partial charge in [0.2, 0.25) is 0 Å². The summed E-state index contributed by atoms with van der Waals surface area (Å²) in [6, 6.07) is 7.81. The van der Waals surface area contributed by atoms with Crippen LogP contribution in [0.1, 0.15) is 0 Å². The number of aromatic nitrogens is 2. The number of benzene rings is 2. The lowest BCUT2D eigenvalue weighted by Gasteiger charge is -2.20. The molecule has 2 heterocycles. The molecular weight excluding hydrogens is 443 g/mol. The monoisotopic (exact) mass is 464 g/mol. The van der Waals surface area contributed by atoms with Crippen molar-refractivity contribution in [1.29, 1.82) is 0 Å². The Kier molecular flexibility index (Phi) is 6.96. The number of aliphatic hydroxyl groups is 1. The number of methoxy groups -OCH3 is 1. The first kappa shape index (κ1) is 21.9. The highest BCUT2D eigenvalue weighted by Crippen LogP contribution is 2.35. The van der Waals surface area contributed by atoms with Crippen molar-refractivity contribution in [2.45, 2.75) is 6.10 Å². The van der Waals surface area contributed by atoms with Crippen LogP contribution < -0.4 is 14.8 Å². The predicted molar refractivity (Wildman–Crippen MR) is 121 cm³/mol. The SMILES string of the molecule is COc1cc2c(Nc3ccc(Cl)cc3F)ncnc2cc1OCC(O)CN1CCSC1. The molecule has 3 aromatic rings. The number of thioether (sulfide) groups is 1. The van der Waals surface area contributed by atoms with E-state index in [-0.39, 0.29) is 12.3 Å². The molecule has 1 atom stereocenters. The van der Waals surface area contributed by atoms with Crippen molar-refractivity contribution in [2.75, 3.05) is 43.8 Å². The van der Waals surface area contributed by atoms with Crippen LogP contribution in [-0.4, -0.2) is 64.5 Å². The maximum atomic E-state index is 14.2. The van der Waals surface area contributed by atoms with E-state index in [1.807, 2.05) is 11.8 Å². The van der Waals surface area contributed by atoms with Crippen molar-refractivity contribution in [2.24, 2.45) is 0 Å². The Bertz CT molecular complexity index is 1070. The van der Waals surface area contributed by atoms with E-state index in [1.54, 1.807) is 24.3 Å². The molecule has 2 N–H and O–H groups in total. The van der Waals surface area contributed by atoms with Gasteiger partial charge in [0.15, 0.2) is 11.5 Å². The molecule has 1 aliphatic rings. The molecule has 0 aliphatic carbocycles. The normalized spacial score (nSPS) is 15.2. The molecule has 0 radical (unpaired) electrons. The molecule has 4 rings (SSSR count). The highest BCUT2D eigenvalue weighted by molar-refractivity contribution is 7.99. The second-order valence-electron chi connectivity index (χ2n) is 7.07. The summed E-state index contributed by atoms with van der Waals surface area (Å²) in [5.74, 6) is 2.87. The summed E-state index contributed by atoms with van der Waals surface area (Å²) in [5.41, 5.74) is 0.833.